The predicted octanol–water partition coefficient (Wildman–Crippen LogP) is 4.91. The molecule has 0 radical (unpaired) electrons. The van der Waals surface area contributed by atoms with Gasteiger partial charge in [-0.15, -0.1) is 0 Å². The van der Waals surface area contributed by atoms with Gasteiger partial charge in [-0.25, -0.2) is 4.98 Å². The lowest BCUT2D eigenvalue weighted by atomic mass is 10.2. The number of nitro groups is 1. The zero-order chi connectivity index (χ0) is 18.8. The molecule has 0 atom stereocenters. The number of anilines is 2. The summed E-state index contributed by atoms with van der Waals surface area (Å²) in [5, 5.41) is 11.3. The van der Waals surface area contributed by atoms with Crippen LogP contribution in [0.25, 0.3) is 0 Å². The van der Waals surface area contributed by atoms with E-state index in [-0.39, 0.29) is 17.3 Å². The maximum Gasteiger partial charge on any atom is 0.287 e. The van der Waals surface area contributed by atoms with Gasteiger partial charge < -0.3 is 0 Å². The van der Waals surface area contributed by atoms with E-state index in [1.165, 1.54) is 24.0 Å². The second-order valence-corrected chi connectivity index (χ2v) is 7.75. The van der Waals surface area contributed by atoms with Crippen molar-refractivity contribution in [2.75, 3.05) is 10.7 Å². The van der Waals surface area contributed by atoms with Crippen molar-refractivity contribution in [3.63, 3.8) is 0 Å². The fourth-order valence-electron chi connectivity index (χ4n) is 2.74. The third kappa shape index (κ3) is 3.54. The van der Waals surface area contributed by atoms with Crippen LogP contribution in [0.3, 0.4) is 0 Å². The third-order valence-corrected chi connectivity index (χ3v) is 6.02. The summed E-state index contributed by atoms with van der Waals surface area (Å²) in [6.45, 7) is 0. The largest absolute Gasteiger partial charge is 0.287 e. The standard InChI is InChI=1S/C19H13N3O3S2/c23-19(12-26-18-10-9-13(11-20-18)22(24)25)21-14-5-1-3-7-16(14)27-17-8-4-2-6-15(17)21/h1-11H,12H2. The molecule has 6 nitrogen and oxygen atoms in total. The zero-order valence-electron chi connectivity index (χ0n) is 13.9. The van der Waals surface area contributed by atoms with Crippen molar-refractivity contribution in [2.45, 2.75) is 14.8 Å². The SMILES string of the molecule is O=C(CSc1ccc([N+](=O)[O-])cn1)N1c2ccccc2Sc2ccccc21. The second kappa shape index (κ2) is 7.42. The number of pyridine rings is 1. The number of carbonyl (C=O) groups is 1. The van der Waals surface area contributed by atoms with Crippen LogP contribution in [0.15, 0.2) is 81.7 Å². The van der Waals surface area contributed by atoms with E-state index in [1.807, 2.05) is 48.5 Å². The predicted molar refractivity (Wildman–Crippen MR) is 106 cm³/mol. The first kappa shape index (κ1) is 17.6. The van der Waals surface area contributed by atoms with E-state index < -0.39 is 4.92 Å². The lowest BCUT2D eigenvalue weighted by Gasteiger charge is -2.30. The topological polar surface area (TPSA) is 76.3 Å². The Kier molecular flexibility index (Phi) is 4.83. The number of thioether (sulfide) groups is 1. The number of aromatic nitrogens is 1. The van der Waals surface area contributed by atoms with E-state index in [0.717, 1.165) is 21.2 Å². The van der Waals surface area contributed by atoms with Gasteiger partial charge in [-0.05, 0) is 30.3 Å². The van der Waals surface area contributed by atoms with Crippen LogP contribution >= 0.6 is 23.5 Å². The first-order chi connectivity index (χ1) is 13.1. The molecule has 1 aromatic heterocycles. The Bertz CT molecular complexity index is 979. The van der Waals surface area contributed by atoms with Crippen LogP contribution < -0.4 is 4.90 Å². The molecule has 2 aromatic carbocycles. The van der Waals surface area contributed by atoms with Crippen LogP contribution in [0.2, 0.25) is 0 Å². The van der Waals surface area contributed by atoms with Gasteiger partial charge in [0.15, 0.2) is 0 Å². The first-order valence-corrected chi connectivity index (χ1v) is 9.86. The molecule has 0 aliphatic carbocycles. The molecule has 0 N–H and O–H groups in total. The Balaban J connectivity index is 1.57. The molecule has 0 fully saturated rings. The molecule has 1 aliphatic heterocycles. The molecule has 2 heterocycles. The van der Waals surface area contributed by atoms with Crippen LogP contribution in [0.4, 0.5) is 17.1 Å². The van der Waals surface area contributed by atoms with E-state index in [0.29, 0.717) is 5.03 Å². The van der Waals surface area contributed by atoms with Crippen molar-refractivity contribution >= 4 is 46.5 Å². The molecule has 27 heavy (non-hydrogen) atoms. The normalized spacial score (nSPS) is 12.2. The highest BCUT2D eigenvalue weighted by Crippen LogP contribution is 2.48. The Labute approximate surface area is 163 Å². The maximum atomic E-state index is 13.0. The van der Waals surface area contributed by atoms with Crippen molar-refractivity contribution in [3.05, 3.63) is 77.0 Å². The van der Waals surface area contributed by atoms with Gasteiger partial charge in [0.2, 0.25) is 5.91 Å². The minimum atomic E-state index is -0.494. The summed E-state index contributed by atoms with van der Waals surface area (Å²) in [4.78, 5) is 31.1. The molecular formula is C19H13N3O3S2. The average Bonchev–Trinajstić information content (AvgIpc) is 2.70. The first-order valence-electron chi connectivity index (χ1n) is 8.05. The quantitative estimate of drug-likeness (QED) is 0.355. The maximum absolute atomic E-state index is 13.0. The second-order valence-electron chi connectivity index (χ2n) is 5.67. The molecular weight excluding hydrogens is 382 g/mol. The van der Waals surface area contributed by atoms with E-state index in [4.69, 9.17) is 0 Å². The number of hydrogen-bond donors (Lipinski definition) is 0. The summed E-state index contributed by atoms with van der Waals surface area (Å²) in [5.74, 6) is 0.110. The van der Waals surface area contributed by atoms with E-state index in [1.54, 1.807) is 22.7 Å². The number of benzene rings is 2. The number of fused-ring (bicyclic) bond motifs is 2. The van der Waals surface area contributed by atoms with Crippen molar-refractivity contribution in [2.24, 2.45) is 0 Å². The lowest BCUT2D eigenvalue weighted by Crippen LogP contribution is -2.29. The molecule has 1 amide bonds. The number of carbonyl (C=O) groups excluding carboxylic acids is 1. The minimum Gasteiger partial charge on any atom is -0.278 e. The highest BCUT2D eigenvalue weighted by molar-refractivity contribution is 8.00. The molecule has 0 saturated heterocycles. The number of amides is 1. The van der Waals surface area contributed by atoms with Crippen molar-refractivity contribution in [1.29, 1.82) is 0 Å². The highest BCUT2D eigenvalue weighted by Gasteiger charge is 2.27. The smallest absolute Gasteiger partial charge is 0.278 e. The number of para-hydroxylation sites is 2. The molecule has 0 spiro atoms. The van der Waals surface area contributed by atoms with Gasteiger partial charge in [-0.2, -0.15) is 0 Å². The monoisotopic (exact) mass is 395 g/mol. The minimum absolute atomic E-state index is 0.0680. The molecule has 0 unspecified atom stereocenters. The van der Waals surface area contributed by atoms with Crippen LogP contribution in [0, 0.1) is 10.1 Å². The van der Waals surface area contributed by atoms with E-state index >= 15 is 0 Å². The molecule has 3 aromatic rings. The van der Waals surface area contributed by atoms with Gasteiger partial charge in [0.25, 0.3) is 5.69 Å². The molecule has 0 bridgehead atoms. The van der Waals surface area contributed by atoms with Crippen molar-refractivity contribution < 1.29 is 9.72 Å². The fraction of sp³-hybridized carbons (Fsp3) is 0.0526. The highest BCUT2D eigenvalue weighted by atomic mass is 32.2. The Hall–Kier alpha value is -2.84. The van der Waals surface area contributed by atoms with Crippen molar-refractivity contribution in [3.8, 4) is 0 Å². The van der Waals surface area contributed by atoms with Crippen LogP contribution in [0.5, 0.6) is 0 Å². The molecule has 4 rings (SSSR count). The van der Waals surface area contributed by atoms with Crippen LogP contribution in [0.1, 0.15) is 0 Å². The van der Waals surface area contributed by atoms with E-state index in [9.17, 15) is 14.9 Å². The number of nitrogens with zero attached hydrogens (tertiary/aromatic N) is 3. The summed E-state index contributed by atoms with van der Waals surface area (Å²) >= 11 is 2.91. The van der Waals surface area contributed by atoms with Gasteiger partial charge in [0, 0.05) is 15.9 Å². The number of hydrogen-bond acceptors (Lipinski definition) is 6. The Morgan fingerprint density at radius 1 is 1.04 bits per heavy atom. The van der Waals surface area contributed by atoms with Crippen molar-refractivity contribution in [1.82, 2.24) is 4.98 Å². The van der Waals surface area contributed by atoms with Gasteiger partial charge in [0.1, 0.15) is 6.20 Å². The summed E-state index contributed by atoms with van der Waals surface area (Å²) < 4.78 is 0. The van der Waals surface area contributed by atoms with Gasteiger partial charge in [-0.1, -0.05) is 47.8 Å². The average molecular weight is 395 g/mol. The molecule has 0 saturated carbocycles. The summed E-state index contributed by atoms with van der Waals surface area (Å²) in [7, 11) is 0. The zero-order valence-corrected chi connectivity index (χ0v) is 15.6. The molecule has 134 valence electrons. The van der Waals surface area contributed by atoms with Gasteiger partial charge in [0.05, 0.1) is 27.1 Å². The van der Waals surface area contributed by atoms with Gasteiger partial charge >= 0.3 is 0 Å². The molecule has 1 aliphatic rings. The number of rotatable bonds is 4. The molecule has 8 heteroatoms. The van der Waals surface area contributed by atoms with Gasteiger partial charge in [-0.3, -0.25) is 19.8 Å². The Morgan fingerprint density at radius 2 is 1.67 bits per heavy atom. The summed E-state index contributed by atoms with van der Waals surface area (Å²) in [6.07, 6.45) is 1.20. The lowest BCUT2D eigenvalue weighted by molar-refractivity contribution is -0.385. The summed E-state index contributed by atoms with van der Waals surface area (Å²) in [5.41, 5.74) is 1.66. The third-order valence-electron chi connectivity index (χ3n) is 3.96. The van der Waals surface area contributed by atoms with E-state index in [2.05, 4.69) is 4.98 Å². The Morgan fingerprint density at radius 3 is 2.22 bits per heavy atom. The fourth-order valence-corrected chi connectivity index (χ4v) is 4.49. The van der Waals surface area contributed by atoms with Crippen LogP contribution in [-0.4, -0.2) is 21.6 Å². The van der Waals surface area contributed by atoms with Crippen LogP contribution in [-0.2, 0) is 4.79 Å². The summed E-state index contributed by atoms with van der Waals surface area (Å²) in [6, 6.07) is 18.6.